The Bertz CT molecular complexity index is 364. The van der Waals surface area contributed by atoms with E-state index in [0.29, 0.717) is 0 Å². The number of carbonyl (C=O) groups excluding carboxylic acids is 1. The summed E-state index contributed by atoms with van der Waals surface area (Å²) in [6.07, 6.45) is 1.32. The van der Waals surface area contributed by atoms with Gasteiger partial charge in [-0.3, -0.25) is 9.69 Å². The van der Waals surface area contributed by atoms with Crippen molar-refractivity contribution < 1.29 is 19.7 Å². The Kier molecular flexibility index (Phi) is 2.40. The van der Waals surface area contributed by atoms with Crippen LogP contribution in [0.4, 0.5) is 0 Å². The van der Waals surface area contributed by atoms with E-state index in [1.165, 1.54) is 17.2 Å². The molecule has 0 radical (unpaired) electrons. The minimum absolute atomic E-state index is 0.259. The number of rotatable bonds is 1. The number of aliphatic hydroxyl groups is 2. The van der Waals surface area contributed by atoms with Crippen LogP contribution in [-0.2, 0) is 9.53 Å². The van der Waals surface area contributed by atoms with Gasteiger partial charge in [-0.1, -0.05) is 6.58 Å². The molecule has 0 aromatic carbocycles. The zero-order valence-corrected chi connectivity index (χ0v) is 8.88. The van der Waals surface area contributed by atoms with Crippen molar-refractivity contribution in [3.63, 3.8) is 0 Å². The number of carbonyl (C=O) groups is 1. The molecule has 2 rings (SSSR count). The van der Waals surface area contributed by atoms with Crippen molar-refractivity contribution >= 4 is 5.91 Å². The Morgan fingerprint density at radius 3 is 2.94 bits per heavy atom. The maximum Gasteiger partial charge on any atom is 0.248 e. The lowest BCUT2D eigenvalue weighted by atomic mass is 10.0. The molecular weight excluding hydrogens is 212 g/mol. The molecule has 0 aliphatic carbocycles. The summed E-state index contributed by atoms with van der Waals surface area (Å²) in [6.45, 7) is 5.19. The highest BCUT2D eigenvalue weighted by Gasteiger charge is 2.43. The molecule has 2 aliphatic rings. The molecule has 0 aromatic rings. The Hall–Kier alpha value is -1.53. The van der Waals surface area contributed by atoms with E-state index in [9.17, 15) is 15.0 Å². The monoisotopic (exact) mass is 226 g/mol. The van der Waals surface area contributed by atoms with Gasteiger partial charge in [0.1, 0.15) is 11.4 Å². The Morgan fingerprint density at radius 1 is 1.75 bits per heavy atom. The second-order valence-corrected chi connectivity index (χ2v) is 4.12. The van der Waals surface area contributed by atoms with Gasteiger partial charge in [0.25, 0.3) is 0 Å². The first-order valence-electron chi connectivity index (χ1n) is 4.93. The molecule has 3 N–H and O–H groups in total. The molecule has 0 saturated carbocycles. The standard InChI is InChI=1S/C10H14N2O4/c1-6-10(2,15)5-8(16-6)12-4-3-7(13)11-9(12)14/h3-4,8-9,14-15H,1,5H2,2H3,(H,11,13). The van der Waals surface area contributed by atoms with Gasteiger partial charge in [0, 0.05) is 18.7 Å². The third kappa shape index (κ3) is 1.77. The van der Waals surface area contributed by atoms with Gasteiger partial charge in [0.05, 0.1) is 0 Å². The first kappa shape index (κ1) is 11.0. The van der Waals surface area contributed by atoms with Gasteiger partial charge in [-0.15, -0.1) is 0 Å². The van der Waals surface area contributed by atoms with Crippen molar-refractivity contribution in [1.29, 1.82) is 0 Å². The predicted molar refractivity (Wildman–Crippen MR) is 54.4 cm³/mol. The van der Waals surface area contributed by atoms with Crippen LogP contribution in [0.5, 0.6) is 0 Å². The molecule has 1 saturated heterocycles. The molecule has 3 unspecified atom stereocenters. The molecule has 2 aliphatic heterocycles. The second kappa shape index (κ2) is 3.50. The molecule has 2 heterocycles. The fourth-order valence-corrected chi connectivity index (χ4v) is 1.69. The van der Waals surface area contributed by atoms with Gasteiger partial charge in [0.2, 0.25) is 12.3 Å². The summed E-state index contributed by atoms with van der Waals surface area (Å²) < 4.78 is 5.34. The first-order chi connectivity index (χ1) is 7.40. The zero-order chi connectivity index (χ0) is 11.9. The molecule has 88 valence electrons. The van der Waals surface area contributed by atoms with Crippen molar-refractivity contribution in [1.82, 2.24) is 10.2 Å². The highest BCUT2D eigenvalue weighted by Crippen LogP contribution is 2.34. The highest BCUT2D eigenvalue weighted by atomic mass is 16.5. The summed E-state index contributed by atoms with van der Waals surface area (Å²) >= 11 is 0. The van der Waals surface area contributed by atoms with E-state index in [0.717, 1.165) is 0 Å². The minimum atomic E-state index is -1.15. The smallest absolute Gasteiger partial charge is 0.248 e. The molecule has 0 aromatic heterocycles. The van der Waals surface area contributed by atoms with E-state index in [1.807, 2.05) is 0 Å². The molecule has 16 heavy (non-hydrogen) atoms. The fourth-order valence-electron chi connectivity index (χ4n) is 1.69. The maximum atomic E-state index is 10.9. The summed E-state index contributed by atoms with van der Waals surface area (Å²) in [4.78, 5) is 12.3. The lowest BCUT2D eigenvalue weighted by Crippen LogP contribution is -2.52. The van der Waals surface area contributed by atoms with Crippen LogP contribution in [-0.4, -0.2) is 39.2 Å². The number of aliphatic hydroxyl groups excluding tert-OH is 1. The van der Waals surface area contributed by atoms with Crippen LogP contribution in [0.3, 0.4) is 0 Å². The number of nitrogens with zero attached hydrogens (tertiary/aromatic N) is 1. The Labute approximate surface area is 92.8 Å². The molecule has 0 bridgehead atoms. The summed E-state index contributed by atoms with van der Waals surface area (Å²) in [5.41, 5.74) is -1.11. The fraction of sp³-hybridized carbons (Fsp3) is 0.500. The van der Waals surface area contributed by atoms with E-state index < -0.39 is 18.2 Å². The highest BCUT2D eigenvalue weighted by molar-refractivity contribution is 5.88. The SMILES string of the molecule is C=C1OC(N2C=CC(=O)NC2O)CC1(C)O. The minimum Gasteiger partial charge on any atom is -0.472 e. The van der Waals surface area contributed by atoms with Gasteiger partial charge in [-0.05, 0) is 6.92 Å². The quantitative estimate of drug-likeness (QED) is 0.546. The maximum absolute atomic E-state index is 10.9. The van der Waals surface area contributed by atoms with Crippen molar-refractivity contribution in [3.8, 4) is 0 Å². The molecular formula is C10H14N2O4. The van der Waals surface area contributed by atoms with Gasteiger partial charge in [-0.25, -0.2) is 0 Å². The summed E-state index contributed by atoms with van der Waals surface area (Å²) in [5.74, 6) is -0.109. The van der Waals surface area contributed by atoms with Crippen LogP contribution in [0.25, 0.3) is 0 Å². The van der Waals surface area contributed by atoms with Crippen LogP contribution in [0.1, 0.15) is 13.3 Å². The van der Waals surface area contributed by atoms with Crippen molar-refractivity contribution in [2.75, 3.05) is 0 Å². The topological polar surface area (TPSA) is 82.0 Å². The molecule has 6 nitrogen and oxygen atoms in total. The molecule has 0 spiro atoms. The lowest BCUT2D eigenvalue weighted by Gasteiger charge is -2.33. The number of ether oxygens (including phenoxy) is 1. The predicted octanol–water partition coefficient (Wildman–Crippen LogP) is -0.781. The molecule has 1 fully saturated rings. The van der Waals surface area contributed by atoms with Crippen molar-refractivity contribution in [2.45, 2.75) is 31.5 Å². The van der Waals surface area contributed by atoms with Crippen LogP contribution in [0.15, 0.2) is 24.6 Å². The summed E-state index contributed by atoms with van der Waals surface area (Å²) in [7, 11) is 0. The normalized spacial score (nSPS) is 38.6. The molecule has 1 amide bonds. The molecule has 3 atom stereocenters. The number of nitrogens with one attached hydrogen (secondary N) is 1. The van der Waals surface area contributed by atoms with Gasteiger partial charge in [0.15, 0.2) is 6.23 Å². The van der Waals surface area contributed by atoms with Crippen LogP contribution >= 0.6 is 0 Å². The van der Waals surface area contributed by atoms with Crippen molar-refractivity contribution in [3.05, 3.63) is 24.6 Å². The van der Waals surface area contributed by atoms with Crippen LogP contribution in [0.2, 0.25) is 0 Å². The van der Waals surface area contributed by atoms with Gasteiger partial charge in [-0.2, -0.15) is 0 Å². The second-order valence-electron chi connectivity index (χ2n) is 4.12. The van der Waals surface area contributed by atoms with Crippen LogP contribution < -0.4 is 5.32 Å². The number of hydrogen-bond acceptors (Lipinski definition) is 5. The van der Waals surface area contributed by atoms with Gasteiger partial charge < -0.3 is 20.3 Å². The Balaban J connectivity index is 2.13. The molecule has 6 heteroatoms. The largest absolute Gasteiger partial charge is 0.472 e. The summed E-state index contributed by atoms with van der Waals surface area (Å²) in [5, 5.41) is 21.8. The van der Waals surface area contributed by atoms with Crippen molar-refractivity contribution in [2.24, 2.45) is 0 Å². The number of amides is 1. The van der Waals surface area contributed by atoms with Gasteiger partial charge >= 0.3 is 0 Å². The summed E-state index contributed by atoms with van der Waals surface area (Å²) in [6, 6.07) is 0. The third-order valence-electron chi connectivity index (χ3n) is 2.74. The van der Waals surface area contributed by atoms with E-state index in [2.05, 4.69) is 11.9 Å². The van der Waals surface area contributed by atoms with E-state index in [-0.39, 0.29) is 18.1 Å². The van der Waals surface area contributed by atoms with Crippen LogP contribution in [0, 0.1) is 0 Å². The third-order valence-corrected chi connectivity index (χ3v) is 2.74. The number of hydrogen-bond donors (Lipinski definition) is 3. The van der Waals surface area contributed by atoms with E-state index in [1.54, 1.807) is 6.92 Å². The first-order valence-corrected chi connectivity index (χ1v) is 4.93. The average Bonchev–Trinajstić information content (AvgIpc) is 2.40. The lowest BCUT2D eigenvalue weighted by molar-refractivity contribution is -0.132. The Morgan fingerprint density at radius 2 is 2.44 bits per heavy atom. The van der Waals surface area contributed by atoms with E-state index >= 15 is 0 Å². The zero-order valence-electron chi connectivity index (χ0n) is 8.88. The van der Waals surface area contributed by atoms with E-state index in [4.69, 9.17) is 4.74 Å². The average molecular weight is 226 g/mol.